The van der Waals surface area contributed by atoms with E-state index in [0.717, 1.165) is 86.7 Å². The van der Waals surface area contributed by atoms with Crippen LogP contribution in [0.15, 0.2) is 199 Å². The molecular weight excluding hydrogens is 826 g/mol. The van der Waals surface area contributed by atoms with Crippen LogP contribution in [0.2, 0.25) is 0 Å². The van der Waals surface area contributed by atoms with Gasteiger partial charge in [0.1, 0.15) is 28.2 Å². The Labute approximate surface area is 380 Å². The molecule has 0 aliphatic rings. The van der Waals surface area contributed by atoms with Crippen LogP contribution >= 0.6 is 18.6 Å². The quantitative estimate of drug-likeness (QED) is 0.0523. The molecule has 0 amide bonds. The molecule has 0 saturated carbocycles. The predicted octanol–water partition coefficient (Wildman–Crippen LogP) is 9.21. The number of aromatic nitrogens is 3. The number of anilines is 2. The van der Waals surface area contributed by atoms with Gasteiger partial charge in [0.05, 0.1) is 34.3 Å². The zero-order chi connectivity index (χ0) is 43.6. The number of rotatable bonds is 18. The minimum absolute atomic E-state index is 0.123. The molecule has 0 spiro atoms. The molecule has 9 rings (SSSR count). The summed E-state index contributed by atoms with van der Waals surface area (Å²) in [6, 6.07) is 63.6. The van der Waals surface area contributed by atoms with Crippen molar-refractivity contribution in [3.05, 3.63) is 206 Å². The second-order valence-electron chi connectivity index (χ2n) is 15.9. The van der Waals surface area contributed by atoms with Crippen molar-refractivity contribution in [1.82, 2.24) is 19.9 Å². The Morgan fingerprint density at radius 1 is 0.656 bits per heavy atom. The highest BCUT2D eigenvalue weighted by Crippen LogP contribution is 2.55. The van der Waals surface area contributed by atoms with E-state index in [2.05, 4.69) is 183 Å². The lowest BCUT2D eigenvalue weighted by molar-refractivity contribution is -0.217. The van der Waals surface area contributed by atoms with Gasteiger partial charge in [-0.3, -0.25) is 19.9 Å². The first-order valence-corrected chi connectivity index (χ1v) is 24.5. The average Bonchev–Trinajstić information content (AvgIpc) is 3.78. The molecule has 318 valence electrons. The molecule has 0 fully saturated rings. The summed E-state index contributed by atoms with van der Waals surface area (Å²) in [5, 5.41) is 24.2. The number of hydrogen-bond donors (Lipinski definition) is 1. The molecule has 3 aromatic heterocycles. The normalized spacial score (nSPS) is 11.9. The van der Waals surface area contributed by atoms with Crippen LogP contribution in [-0.4, -0.2) is 65.1 Å². The minimum atomic E-state index is -2.06. The topological polar surface area (TPSA) is 92.6 Å². The number of thiazole rings is 1. The molecule has 0 bridgehead atoms. The van der Waals surface area contributed by atoms with E-state index in [9.17, 15) is 5.11 Å². The van der Waals surface area contributed by atoms with Gasteiger partial charge >= 0.3 is 0 Å². The first-order valence-electron chi connectivity index (χ1n) is 21.7. The van der Waals surface area contributed by atoms with E-state index in [1.54, 1.807) is 11.3 Å². The average molecular weight is 876 g/mol. The fraction of sp³-hybridized carbons (Fsp3) is 0.148. The van der Waals surface area contributed by atoms with E-state index in [-0.39, 0.29) is 12.4 Å². The lowest BCUT2D eigenvalue weighted by atomic mass is 10.1. The molecule has 0 saturated heterocycles. The Kier molecular flexibility index (Phi) is 13.4. The van der Waals surface area contributed by atoms with Gasteiger partial charge in [0.15, 0.2) is 0 Å². The van der Waals surface area contributed by atoms with Crippen molar-refractivity contribution in [2.75, 3.05) is 49.6 Å². The van der Waals surface area contributed by atoms with Crippen molar-refractivity contribution < 1.29 is 5.11 Å². The van der Waals surface area contributed by atoms with E-state index in [1.807, 2.05) is 48.6 Å². The third-order valence-electron chi connectivity index (χ3n) is 11.6. The van der Waals surface area contributed by atoms with Crippen molar-refractivity contribution in [3.63, 3.8) is 0 Å². The van der Waals surface area contributed by atoms with Crippen LogP contribution in [0, 0.1) is 0 Å². The highest BCUT2D eigenvalue weighted by Gasteiger charge is 2.44. The molecule has 1 N–H and O–H groups in total. The number of fused-ring (bicyclic) bond motifs is 2. The Morgan fingerprint density at radius 2 is 1.25 bits per heavy atom. The van der Waals surface area contributed by atoms with Gasteiger partial charge in [0, 0.05) is 69.1 Å². The first-order chi connectivity index (χ1) is 31.5. The Hall–Kier alpha value is -6.77. The highest BCUT2D eigenvalue weighted by atomic mass is 32.1. The van der Waals surface area contributed by atoms with Gasteiger partial charge < -0.3 is 15.3 Å². The standard InChI is InChI=1S/C54H50N7OPS/c1-60(40-53(62)58-32-34-63(48-17-5-2-6-18-48,49-19-7-3-8-20-49)50-21-9-4-10-22-50)47-27-25-41-35-43(24-23-42(41)36-47)54-59-51-28-26-44(37-52(51)64-54)57-31-33-61(38-45-15-11-13-29-55-45)39-46-16-12-14-30-56-46/h2-30,35-37,57H,31-34,38-40H2,1H3. The van der Waals surface area contributed by atoms with Crippen molar-refractivity contribution in [2.24, 2.45) is 4.99 Å². The van der Waals surface area contributed by atoms with Crippen molar-refractivity contribution in [3.8, 4) is 10.6 Å². The molecule has 3 heterocycles. The summed E-state index contributed by atoms with van der Waals surface area (Å²) < 4.78 is 1.14. The molecule has 8 nitrogen and oxygen atoms in total. The molecule has 10 heteroatoms. The van der Waals surface area contributed by atoms with Crippen molar-refractivity contribution >= 4 is 72.8 Å². The predicted molar refractivity (Wildman–Crippen MR) is 269 cm³/mol. The van der Waals surface area contributed by atoms with E-state index in [0.29, 0.717) is 6.54 Å². The smallest absolute Gasteiger partial charge is 0.124 e. The second-order valence-corrected chi connectivity index (χ2v) is 20.5. The molecule has 0 radical (unpaired) electrons. The maximum atomic E-state index is 13.5. The molecular formula is C54H50N7OPS. The van der Waals surface area contributed by atoms with Crippen LogP contribution in [-0.2, 0) is 13.1 Å². The summed E-state index contributed by atoms with van der Waals surface area (Å²) >= 11 is 1.70. The van der Waals surface area contributed by atoms with Crippen LogP contribution in [0.25, 0.3) is 31.6 Å². The van der Waals surface area contributed by atoms with Gasteiger partial charge in [0.25, 0.3) is 0 Å². The number of benzene rings is 6. The lowest BCUT2D eigenvalue weighted by Gasteiger charge is -2.28. The van der Waals surface area contributed by atoms with Gasteiger partial charge in [-0.25, -0.2) is 4.98 Å². The Morgan fingerprint density at radius 3 is 1.86 bits per heavy atom. The summed E-state index contributed by atoms with van der Waals surface area (Å²) in [4.78, 5) is 23.2. The first kappa shape index (κ1) is 42.5. The van der Waals surface area contributed by atoms with Gasteiger partial charge in [-0.2, -0.15) is 0 Å². The molecule has 0 unspecified atom stereocenters. The summed E-state index contributed by atoms with van der Waals surface area (Å²) in [6.45, 7) is 3.76. The van der Waals surface area contributed by atoms with Gasteiger partial charge in [0.2, 0.25) is 0 Å². The van der Waals surface area contributed by atoms with Crippen molar-refractivity contribution in [1.29, 1.82) is 0 Å². The highest BCUT2D eigenvalue weighted by molar-refractivity contribution is 7.95. The number of nitrogens with one attached hydrogen (secondary N) is 1. The maximum absolute atomic E-state index is 13.5. The summed E-state index contributed by atoms with van der Waals surface area (Å²) in [7, 11) is -0.103. The number of hydrogen-bond acceptors (Lipinski definition) is 9. The number of nitrogens with zero attached hydrogens (tertiary/aromatic N) is 6. The lowest BCUT2D eigenvalue weighted by Crippen LogP contribution is -2.36. The van der Waals surface area contributed by atoms with Gasteiger partial charge in [-0.1, -0.05) is 84.9 Å². The fourth-order valence-corrected chi connectivity index (χ4v) is 13.4. The zero-order valence-electron chi connectivity index (χ0n) is 35.9. The number of aliphatic imine (C=N–C) groups is 1. The number of pyridine rings is 2. The third-order valence-corrected chi connectivity index (χ3v) is 17.0. The largest absolute Gasteiger partial charge is 0.861 e. The molecule has 64 heavy (non-hydrogen) atoms. The monoisotopic (exact) mass is 875 g/mol. The Balaban J connectivity index is 0.846. The van der Waals surface area contributed by atoms with Crippen LogP contribution in [0.3, 0.4) is 0 Å². The van der Waals surface area contributed by atoms with E-state index >= 15 is 0 Å². The van der Waals surface area contributed by atoms with Crippen LogP contribution in [0.4, 0.5) is 11.4 Å². The fourth-order valence-electron chi connectivity index (χ4n) is 8.33. The van der Waals surface area contributed by atoms with Crippen molar-refractivity contribution in [2.45, 2.75) is 13.1 Å². The zero-order valence-corrected chi connectivity index (χ0v) is 37.6. The van der Waals surface area contributed by atoms with Crippen LogP contribution in [0.5, 0.6) is 0 Å². The maximum Gasteiger partial charge on any atom is 0.124 e. The van der Waals surface area contributed by atoms with E-state index in [1.165, 1.54) is 15.9 Å². The molecule has 6 aromatic carbocycles. The molecule has 9 aromatic rings. The van der Waals surface area contributed by atoms with Crippen LogP contribution in [0.1, 0.15) is 11.4 Å². The molecule has 0 aliphatic heterocycles. The minimum Gasteiger partial charge on any atom is -0.861 e. The SMILES string of the molecule is CN(CC([O-])=NCC[P+](c1ccccc1)(c1ccccc1)c1ccccc1)c1ccc2cc(-c3nc4ccc(NCCN(Cc5ccccn5)Cc5ccccn5)cc4s3)ccc2c1. The molecule has 0 atom stereocenters. The summed E-state index contributed by atoms with van der Waals surface area (Å²) in [6.07, 6.45) is 4.46. The molecule has 0 aliphatic carbocycles. The Bertz CT molecular complexity index is 2800. The summed E-state index contributed by atoms with van der Waals surface area (Å²) in [5.41, 5.74) is 6.19. The van der Waals surface area contributed by atoms with Gasteiger partial charge in [-0.05, 0) is 114 Å². The third kappa shape index (κ3) is 10.0. The van der Waals surface area contributed by atoms with Gasteiger partial charge in [-0.15, -0.1) is 11.3 Å². The second kappa shape index (κ2) is 20.2. The van der Waals surface area contributed by atoms with E-state index < -0.39 is 7.26 Å². The van der Waals surface area contributed by atoms with Crippen LogP contribution < -0.4 is 31.2 Å². The van der Waals surface area contributed by atoms with E-state index in [4.69, 9.17) is 4.98 Å². The number of likely N-dealkylation sites (N-methyl/N-ethyl adjacent to an activating group) is 1. The summed E-state index contributed by atoms with van der Waals surface area (Å²) in [5.74, 6) is -0.123.